The van der Waals surface area contributed by atoms with Crippen molar-refractivity contribution in [2.75, 3.05) is 19.6 Å². The molecule has 9 nitrogen and oxygen atoms in total. The number of nitrogens with zero attached hydrogens (tertiary/aromatic N) is 5. The number of piperidine rings is 1. The number of halogens is 1. The SMILES string of the molecule is Cn1nnnc1CC1(C2CCCCC2)CCN(C(=O)C(Cc2ccc(Cl)cc2)NC(=O)CC2NCCc3ccccc32)CC1. The van der Waals surface area contributed by atoms with Crippen LogP contribution in [0.3, 0.4) is 0 Å². The lowest BCUT2D eigenvalue weighted by molar-refractivity contribution is -0.139. The van der Waals surface area contributed by atoms with Crippen LogP contribution in [0.4, 0.5) is 0 Å². The molecule has 44 heavy (non-hydrogen) atoms. The van der Waals surface area contributed by atoms with Crippen molar-refractivity contribution in [2.24, 2.45) is 18.4 Å². The Labute approximate surface area is 265 Å². The van der Waals surface area contributed by atoms with Crippen molar-refractivity contribution in [3.63, 3.8) is 0 Å². The van der Waals surface area contributed by atoms with Gasteiger partial charge >= 0.3 is 0 Å². The second-order valence-corrected chi connectivity index (χ2v) is 13.5. The molecular formula is C34H44ClN7O2. The van der Waals surface area contributed by atoms with Gasteiger partial charge in [-0.15, -0.1) is 5.10 Å². The molecule has 1 aliphatic carbocycles. The van der Waals surface area contributed by atoms with Crippen LogP contribution in [0.15, 0.2) is 48.5 Å². The van der Waals surface area contributed by atoms with Crippen molar-refractivity contribution in [1.29, 1.82) is 0 Å². The molecule has 2 aromatic carbocycles. The number of tetrazole rings is 1. The topological polar surface area (TPSA) is 105 Å². The Hall–Kier alpha value is -3.30. The maximum absolute atomic E-state index is 14.2. The van der Waals surface area contributed by atoms with E-state index in [9.17, 15) is 9.59 Å². The third kappa shape index (κ3) is 6.99. The van der Waals surface area contributed by atoms with E-state index in [-0.39, 0.29) is 29.7 Å². The molecule has 0 bridgehead atoms. The Bertz CT molecular complexity index is 1430. The summed E-state index contributed by atoms with van der Waals surface area (Å²) in [6.07, 6.45) is 10.6. The number of carbonyl (C=O) groups excluding carboxylic acids is 2. The smallest absolute Gasteiger partial charge is 0.245 e. The Morgan fingerprint density at radius 2 is 1.82 bits per heavy atom. The zero-order chi connectivity index (χ0) is 30.5. The van der Waals surface area contributed by atoms with Gasteiger partial charge in [0.1, 0.15) is 6.04 Å². The molecule has 6 rings (SSSR count). The van der Waals surface area contributed by atoms with Crippen LogP contribution < -0.4 is 10.6 Å². The van der Waals surface area contributed by atoms with Gasteiger partial charge in [-0.3, -0.25) is 9.59 Å². The van der Waals surface area contributed by atoms with Crippen molar-refractivity contribution in [1.82, 2.24) is 35.7 Å². The van der Waals surface area contributed by atoms with Crippen molar-refractivity contribution >= 4 is 23.4 Å². The third-order valence-corrected chi connectivity index (χ3v) is 10.6. The molecule has 2 fully saturated rings. The normalized spacial score (nSPS) is 21.0. The predicted molar refractivity (Wildman–Crippen MR) is 170 cm³/mol. The summed E-state index contributed by atoms with van der Waals surface area (Å²) in [5.74, 6) is 1.40. The van der Waals surface area contributed by atoms with Gasteiger partial charge in [-0.25, -0.2) is 4.68 Å². The molecule has 0 spiro atoms. The van der Waals surface area contributed by atoms with Crippen LogP contribution >= 0.6 is 11.6 Å². The number of rotatable bonds is 9. The molecular weight excluding hydrogens is 574 g/mol. The Balaban J connectivity index is 1.17. The van der Waals surface area contributed by atoms with E-state index < -0.39 is 6.04 Å². The van der Waals surface area contributed by atoms with Gasteiger partial charge in [-0.2, -0.15) is 0 Å². The molecule has 2 aliphatic heterocycles. The van der Waals surface area contributed by atoms with E-state index in [1.54, 1.807) is 4.68 Å². The Morgan fingerprint density at radius 1 is 1.07 bits per heavy atom. The first kappa shape index (κ1) is 30.7. The van der Waals surface area contributed by atoms with E-state index in [2.05, 4.69) is 38.3 Å². The van der Waals surface area contributed by atoms with Crippen molar-refractivity contribution in [2.45, 2.75) is 82.7 Å². The summed E-state index contributed by atoms with van der Waals surface area (Å²) in [5.41, 5.74) is 3.50. The van der Waals surface area contributed by atoms with Crippen LogP contribution in [-0.4, -0.2) is 62.6 Å². The zero-order valence-electron chi connectivity index (χ0n) is 25.7. The lowest BCUT2D eigenvalue weighted by atomic mass is 9.62. The van der Waals surface area contributed by atoms with Gasteiger partial charge in [0.25, 0.3) is 0 Å². The number of amides is 2. The molecule has 3 heterocycles. The molecule has 1 aromatic heterocycles. The minimum atomic E-state index is -0.646. The highest BCUT2D eigenvalue weighted by Crippen LogP contribution is 2.47. The van der Waals surface area contributed by atoms with Crippen LogP contribution in [-0.2, 0) is 35.9 Å². The van der Waals surface area contributed by atoms with Crippen molar-refractivity contribution in [3.05, 3.63) is 76.1 Å². The van der Waals surface area contributed by atoms with Gasteiger partial charge in [0.2, 0.25) is 11.8 Å². The number of nitrogens with one attached hydrogen (secondary N) is 2. The number of hydrogen-bond donors (Lipinski definition) is 2. The van der Waals surface area contributed by atoms with Crippen LogP contribution in [0.2, 0.25) is 5.02 Å². The number of benzene rings is 2. The van der Waals surface area contributed by atoms with Crippen LogP contribution in [0.25, 0.3) is 0 Å². The second-order valence-electron chi connectivity index (χ2n) is 13.0. The predicted octanol–water partition coefficient (Wildman–Crippen LogP) is 4.60. The van der Waals surface area contributed by atoms with E-state index in [4.69, 9.17) is 11.6 Å². The van der Waals surface area contributed by atoms with E-state index in [1.165, 1.54) is 43.2 Å². The van der Waals surface area contributed by atoms with Crippen molar-refractivity contribution in [3.8, 4) is 0 Å². The first-order valence-electron chi connectivity index (χ1n) is 16.3. The van der Waals surface area contributed by atoms with Gasteiger partial charge in [0.15, 0.2) is 5.82 Å². The molecule has 0 radical (unpaired) electrons. The monoisotopic (exact) mass is 617 g/mol. The number of hydrogen-bond acceptors (Lipinski definition) is 6. The first-order chi connectivity index (χ1) is 21.4. The van der Waals surface area contributed by atoms with Gasteiger partial charge in [-0.1, -0.05) is 67.3 Å². The molecule has 2 N–H and O–H groups in total. The molecule has 3 aromatic rings. The number of likely N-dealkylation sites (tertiary alicyclic amines) is 1. The van der Waals surface area contributed by atoms with E-state index in [0.717, 1.165) is 43.6 Å². The number of fused-ring (bicyclic) bond motifs is 1. The summed E-state index contributed by atoms with van der Waals surface area (Å²) >= 11 is 6.15. The fourth-order valence-electron chi connectivity index (χ4n) is 7.82. The van der Waals surface area contributed by atoms with E-state index >= 15 is 0 Å². The zero-order valence-corrected chi connectivity index (χ0v) is 26.4. The standard InChI is InChI=1S/C34H44ClN7O2/c1-41-31(38-39-40-41)23-34(26-8-3-2-4-9-26)16-19-42(20-17-34)33(44)30(21-24-11-13-27(35)14-12-24)37-32(43)22-29-28-10-6-5-7-25(28)15-18-36-29/h5-7,10-14,26,29-30,36H,2-4,8-9,15-23H2,1H3,(H,37,43). The fourth-order valence-corrected chi connectivity index (χ4v) is 7.95. The molecule has 2 amide bonds. The summed E-state index contributed by atoms with van der Waals surface area (Å²) in [6, 6.07) is 15.1. The van der Waals surface area contributed by atoms with Gasteiger partial charge in [0.05, 0.1) is 0 Å². The molecule has 10 heteroatoms. The molecule has 234 valence electrons. The molecule has 2 atom stereocenters. The lowest BCUT2D eigenvalue weighted by Gasteiger charge is -2.48. The lowest BCUT2D eigenvalue weighted by Crippen LogP contribution is -2.54. The van der Waals surface area contributed by atoms with Crippen LogP contribution in [0.1, 0.15) is 79.9 Å². The number of carbonyl (C=O) groups is 2. The Morgan fingerprint density at radius 3 is 2.55 bits per heavy atom. The second kappa shape index (κ2) is 13.8. The number of aromatic nitrogens is 4. The van der Waals surface area contributed by atoms with Crippen LogP contribution in [0, 0.1) is 11.3 Å². The largest absolute Gasteiger partial charge is 0.344 e. The van der Waals surface area contributed by atoms with Gasteiger partial charge in [0, 0.05) is 50.5 Å². The minimum absolute atomic E-state index is 0.0112. The van der Waals surface area contributed by atoms with Gasteiger partial charge in [-0.05, 0) is 89.2 Å². The summed E-state index contributed by atoms with van der Waals surface area (Å²) in [4.78, 5) is 29.7. The van der Waals surface area contributed by atoms with Crippen molar-refractivity contribution < 1.29 is 9.59 Å². The number of aryl methyl sites for hydroxylation is 1. The summed E-state index contributed by atoms with van der Waals surface area (Å²) in [7, 11) is 1.91. The van der Waals surface area contributed by atoms with Crippen LogP contribution in [0.5, 0.6) is 0 Å². The van der Waals surface area contributed by atoms with E-state index in [0.29, 0.717) is 30.5 Å². The summed E-state index contributed by atoms with van der Waals surface area (Å²) in [5, 5.41) is 19.6. The maximum Gasteiger partial charge on any atom is 0.245 e. The summed E-state index contributed by atoms with van der Waals surface area (Å²) < 4.78 is 1.79. The quantitative estimate of drug-likeness (QED) is 0.364. The Kier molecular flexibility index (Phi) is 9.62. The fraction of sp³-hybridized carbons (Fsp3) is 0.559. The maximum atomic E-state index is 14.2. The molecule has 3 aliphatic rings. The highest BCUT2D eigenvalue weighted by molar-refractivity contribution is 6.30. The first-order valence-corrected chi connectivity index (χ1v) is 16.6. The minimum Gasteiger partial charge on any atom is -0.344 e. The van der Waals surface area contributed by atoms with Gasteiger partial charge < -0.3 is 15.5 Å². The highest BCUT2D eigenvalue weighted by atomic mass is 35.5. The van der Waals surface area contributed by atoms with E-state index in [1.807, 2.05) is 48.3 Å². The molecule has 2 unspecified atom stereocenters. The molecule has 1 saturated carbocycles. The third-order valence-electron chi connectivity index (χ3n) is 10.4. The highest BCUT2D eigenvalue weighted by Gasteiger charge is 2.44. The summed E-state index contributed by atoms with van der Waals surface area (Å²) in [6.45, 7) is 2.18. The average molecular weight is 618 g/mol. The average Bonchev–Trinajstić information content (AvgIpc) is 3.45. The molecule has 1 saturated heterocycles.